The molecule has 3 unspecified atom stereocenters. The summed E-state index contributed by atoms with van der Waals surface area (Å²) in [6, 6.07) is 0. The van der Waals surface area contributed by atoms with Gasteiger partial charge >= 0.3 is 166 Å². The minimum atomic E-state index is -2.01. The summed E-state index contributed by atoms with van der Waals surface area (Å²) in [7, 11) is 0. The zero-order valence-corrected chi connectivity index (χ0v) is 19.1. The van der Waals surface area contributed by atoms with E-state index < -0.39 is 17.7 Å². The molecule has 4 saturated carbocycles. The van der Waals surface area contributed by atoms with E-state index in [0.29, 0.717) is 22.7 Å². The third kappa shape index (κ3) is 2.70. The molecule has 0 aromatic rings. The monoisotopic (exact) mass is 389 g/mol. The summed E-state index contributed by atoms with van der Waals surface area (Å²) >= 11 is -2.01. The number of amides is 1. The second kappa shape index (κ2) is 5.77. The first-order chi connectivity index (χ1) is 12.0. The molecule has 3 atom stereocenters. The zero-order chi connectivity index (χ0) is 19.1. The first-order valence-electron chi connectivity index (χ1n) is 10.4. The standard InChI is InChI=1S/C13H21NO.C9H13.CH2.Ti/c1-11-3-9-4-12(2,6-11)8-13(5-9,7-11)10(14)15;1-6-5-7(2)9(4)8(6)3;;/h9H,3-8H2,1-2H3,(H2,14,15);6H,1-4H3;1H2;/q;;;+1/p-1. The summed E-state index contributed by atoms with van der Waals surface area (Å²) in [5.41, 5.74) is 4.96. The third-order valence-corrected chi connectivity index (χ3v) is 11.4. The Morgan fingerprint density at radius 2 is 1.62 bits per heavy atom. The van der Waals surface area contributed by atoms with Gasteiger partial charge in [-0.25, -0.2) is 0 Å². The fraction of sp³-hybridized carbons (Fsp3) is 0.739. The van der Waals surface area contributed by atoms with Crippen molar-refractivity contribution in [2.45, 2.75) is 80.1 Å². The van der Waals surface area contributed by atoms with E-state index in [1.807, 2.05) is 0 Å². The van der Waals surface area contributed by atoms with Crippen LogP contribution < -0.4 is 3.80 Å². The number of rotatable bonds is 3. The molecule has 0 radical (unpaired) electrons. The van der Waals surface area contributed by atoms with E-state index in [4.69, 9.17) is 0 Å². The van der Waals surface area contributed by atoms with Crippen molar-refractivity contribution in [3.63, 3.8) is 0 Å². The van der Waals surface area contributed by atoms with Gasteiger partial charge in [0.2, 0.25) is 0 Å². The summed E-state index contributed by atoms with van der Waals surface area (Å²) in [6.07, 6.45) is 7.34. The Morgan fingerprint density at radius 1 is 1.04 bits per heavy atom. The van der Waals surface area contributed by atoms with E-state index in [0.717, 1.165) is 25.2 Å². The number of allylic oxidation sites excluding steroid dienone is 4. The second-order valence-electron chi connectivity index (χ2n) is 10.9. The van der Waals surface area contributed by atoms with Crippen molar-refractivity contribution in [2.24, 2.45) is 28.1 Å². The van der Waals surface area contributed by atoms with Gasteiger partial charge in [0.1, 0.15) is 0 Å². The molecule has 0 saturated heterocycles. The Labute approximate surface area is 165 Å². The number of hydrogen-bond donors (Lipinski definition) is 1. The summed E-state index contributed by atoms with van der Waals surface area (Å²) in [6.45, 7) is 13.9. The van der Waals surface area contributed by atoms with Gasteiger partial charge in [-0.2, -0.15) is 0 Å². The molecule has 0 heterocycles. The number of carbonyl (C=O) groups excluding carboxylic acids is 1. The van der Waals surface area contributed by atoms with Crippen molar-refractivity contribution in [2.75, 3.05) is 0 Å². The van der Waals surface area contributed by atoms with Gasteiger partial charge in [-0.15, -0.1) is 0 Å². The van der Waals surface area contributed by atoms with Crippen molar-refractivity contribution in [3.05, 3.63) is 20.6 Å². The van der Waals surface area contributed by atoms with Crippen LogP contribution >= 0.6 is 0 Å². The quantitative estimate of drug-likeness (QED) is 0.650. The Hall–Kier alpha value is -0.466. The van der Waals surface area contributed by atoms with Gasteiger partial charge in [0.15, 0.2) is 0 Å². The molecule has 0 aromatic carbocycles. The average Bonchev–Trinajstić information content (AvgIpc) is 2.67. The van der Waals surface area contributed by atoms with Gasteiger partial charge in [0, 0.05) is 0 Å². The van der Waals surface area contributed by atoms with E-state index in [1.165, 1.54) is 39.9 Å². The molecule has 5 rings (SSSR count). The van der Waals surface area contributed by atoms with Gasteiger partial charge < -0.3 is 0 Å². The van der Waals surface area contributed by atoms with Gasteiger partial charge in [-0.05, 0) is 0 Å². The molecule has 142 valence electrons. The van der Waals surface area contributed by atoms with Crippen LogP contribution in [0.4, 0.5) is 0 Å². The summed E-state index contributed by atoms with van der Waals surface area (Å²) in [5.74, 6) is 1.59. The predicted molar refractivity (Wildman–Crippen MR) is 105 cm³/mol. The normalized spacial score (nSPS) is 44.1. The molecule has 0 aromatic heterocycles. The second-order valence-corrected chi connectivity index (χ2v) is 13.6. The molecule has 0 aliphatic heterocycles. The number of carbonyl (C=O) groups is 1. The topological polar surface area (TPSA) is 29.1 Å². The molecule has 1 amide bonds. The summed E-state index contributed by atoms with van der Waals surface area (Å²) in [5, 5.41) is 0. The first-order valence-corrected chi connectivity index (χ1v) is 13.0. The van der Waals surface area contributed by atoms with E-state index >= 15 is 0 Å². The molecule has 3 heteroatoms. The van der Waals surface area contributed by atoms with Crippen LogP contribution in [0.25, 0.3) is 0 Å². The van der Waals surface area contributed by atoms with Gasteiger partial charge in [0.05, 0.1) is 0 Å². The summed E-state index contributed by atoms with van der Waals surface area (Å²) < 4.78 is 5.03. The maximum absolute atomic E-state index is 13.6. The van der Waals surface area contributed by atoms with Crippen LogP contribution in [-0.2, 0) is 22.5 Å². The molecule has 2 nitrogen and oxygen atoms in total. The Balaban J connectivity index is 1.57. The van der Waals surface area contributed by atoms with Crippen LogP contribution in [-0.4, -0.2) is 10.7 Å². The molecule has 0 spiro atoms. The van der Waals surface area contributed by atoms with Crippen molar-refractivity contribution in [1.82, 2.24) is 3.80 Å². The van der Waals surface area contributed by atoms with Crippen LogP contribution in [0.15, 0.2) is 20.6 Å². The molecule has 5 aliphatic carbocycles. The Kier molecular flexibility index (Phi) is 4.19. The van der Waals surface area contributed by atoms with Crippen LogP contribution in [0.1, 0.15) is 80.1 Å². The third-order valence-electron chi connectivity index (χ3n) is 8.34. The molecular weight excluding hydrogens is 354 g/mol. The van der Waals surface area contributed by atoms with Crippen LogP contribution in [0.2, 0.25) is 0 Å². The predicted octanol–water partition coefficient (Wildman–Crippen LogP) is 5.32. The fourth-order valence-corrected chi connectivity index (χ4v) is 11.1. The SMILES string of the molecule is [CH2]=[Ti]([NH]C(=O)C12CC3CC(C)(CC(C)(C3)C1)C2)[C]1=C(C)C(C)=C(C)C1C. The molecule has 1 N–H and O–H groups in total. The summed E-state index contributed by atoms with van der Waals surface area (Å²) in [4.78, 5) is 18.1. The minimum absolute atomic E-state index is 0.104. The van der Waals surface area contributed by atoms with Gasteiger partial charge in [-0.1, -0.05) is 0 Å². The van der Waals surface area contributed by atoms with E-state index in [2.05, 4.69) is 50.2 Å². The van der Waals surface area contributed by atoms with Crippen molar-refractivity contribution in [1.29, 1.82) is 0 Å². The van der Waals surface area contributed by atoms with E-state index in [9.17, 15) is 4.79 Å². The Bertz CT molecular complexity index is 755. The van der Waals surface area contributed by atoms with Crippen molar-refractivity contribution >= 4 is 10.7 Å². The Morgan fingerprint density at radius 3 is 2.08 bits per heavy atom. The molecule has 26 heavy (non-hydrogen) atoms. The van der Waals surface area contributed by atoms with Gasteiger partial charge in [-0.3, -0.25) is 0 Å². The number of nitrogens with one attached hydrogen (secondary N) is 1. The number of hydrogen-bond acceptors (Lipinski definition) is 1. The van der Waals surface area contributed by atoms with Crippen LogP contribution in [0, 0.1) is 28.1 Å². The molecular formula is C23H35NOTi. The zero-order valence-electron chi connectivity index (χ0n) is 17.5. The fourth-order valence-electron chi connectivity index (χ4n) is 7.89. The maximum atomic E-state index is 13.6. The van der Waals surface area contributed by atoms with Crippen molar-refractivity contribution in [3.8, 4) is 0 Å². The average molecular weight is 389 g/mol. The molecule has 4 bridgehead atoms. The van der Waals surface area contributed by atoms with E-state index in [-0.39, 0.29) is 5.41 Å². The molecule has 4 fully saturated rings. The van der Waals surface area contributed by atoms with Crippen molar-refractivity contribution < 1.29 is 22.5 Å². The first kappa shape index (κ1) is 18.9. The van der Waals surface area contributed by atoms with E-state index in [1.54, 1.807) is 0 Å². The van der Waals surface area contributed by atoms with Crippen LogP contribution in [0.3, 0.4) is 0 Å². The van der Waals surface area contributed by atoms with Crippen LogP contribution in [0.5, 0.6) is 0 Å². The van der Waals surface area contributed by atoms with Gasteiger partial charge in [0.25, 0.3) is 0 Å². The molecule has 5 aliphatic rings.